The van der Waals surface area contributed by atoms with Crippen molar-refractivity contribution in [2.75, 3.05) is 5.73 Å². The molecule has 0 aliphatic rings. The fraction of sp³-hybridized carbons (Fsp3) is 0. The van der Waals surface area contributed by atoms with Crippen LogP contribution in [0.4, 0.5) is 5.69 Å². The van der Waals surface area contributed by atoms with E-state index in [1.165, 1.54) is 12.3 Å². The Kier molecular flexibility index (Phi) is 3.08. The number of nitrogens with two attached hydrogens (primary N) is 1. The highest BCUT2D eigenvalue weighted by Gasteiger charge is 2.05. The molecule has 0 radical (unpaired) electrons. The highest BCUT2D eigenvalue weighted by atomic mass is 16.5. The first-order valence-corrected chi connectivity index (χ1v) is 5.06. The highest BCUT2D eigenvalue weighted by Crippen LogP contribution is 2.25. The molecule has 18 heavy (non-hydrogen) atoms. The number of nitrogens with zero attached hydrogens (tertiary/aromatic N) is 3. The van der Waals surface area contributed by atoms with Crippen molar-refractivity contribution >= 4 is 5.69 Å². The van der Waals surface area contributed by atoms with Crippen molar-refractivity contribution in [2.45, 2.75) is 0 Å². The van der Waals surface area contributed by atoms with E-state index in [0.29, 0.717) is 16.9 Å². The van der Waals surface area contributed by atoms with Gasteiger partial charge in [0, 0.05) is 6.20 Å². The van der Waals surface area contributed by atoms with E-state index in [4.69, 9.17) is 21.0 Å². The predicted molar refractivity (Wildman–Crippen MR) is 64.6 cm³/mol. The molecule has 2 rings (SSSR count). The van der Waals surface area contributed by atoms with E-state index in [2.05, 4.69) is 4.98 Å². The lowest BCUT2D eigenvalue weighted by atomic mass is 10.2. The predicted octanol–water partition coefficient (Wildman–Crippen LogP) is 2.20. The van der Waals surface area contributed by atoms with E-state index in [9.17, 15) is 0 Å². The fourth-order valence-corrected chi connectivity index (χ4v) is 1.36. The Morgan fingerprint density at radius 1 is 1.11 bits per heavy atom. The minimum atomic E-state index is 0.212. The lowest BCUT2D eigenvalue weighted by Gasteiger charge is -2.07. The molecule has 1 aromatic carbocycles. The van der Waals surface area contributed by atoms with Crippen LogP contribution in [0.5, 0.6) is 11.6 Å². The second-order valence-corrected chi connectivity index (χ2v) is 3.47. The summed E-state index contributed by atoms with van der Waals surface area (Å²) >= 11 is 0. The number of nitriles is 2. The lowest BCUT2D eigenvalue weighted by molar-refractivity contribution is 0.465. The van der Waals surface area contributed by atoms with Crippen LogP contribution in [0, 0.1) is 22.7 Å². The fourth-order valence-electron chi connectivity index (χ4n) is 1.36. The van der Waals surface area contributed by atoms with Crippen LogP contribution in [0.2, 0.25) is 0 Å². The zero-order valence-electron chi connectivity index (χ0n) is 9.29. The van der Waals surface area contributed by atoms with E-state index < -0.39 is 0 Å². The Morgan fingerprint density at radius 2 is 1.89 bits per heavy atom. The summed E-state index contributed by atoms with van der Waals surface area (Å²) in [5.74, 6) is 0.682. The number of nitrogen functional groups attached to an aromatic ring is 1. The van der Waals surface area contributed by atoms with Crippen molar-refractivity contribution in [1.82, 2.24) is 4.98 Å². The van der Waals surface area contributed by atoms with Gasteiger partial charge in [-0.3, -0.25) is 0 Å². The third-order valence-corrected chi connectivity index (χ3v) is 2.19. The van der Waals surface area contributed by atoms with Crippen molar-refractivity contribution in [3.63, 3.8) is 0 Å². The minimum absolute atomic E-state index is 0.212. The molecule has 0 amide bonds. The van der Waals surface area contributed by atoms with Gasteiger partial charge in [0.25, 0.3) is 0 Å². The van der Waals surface area contributed by atoms with Crippen LogP contribution >= 0.6 is 0 Å². The van der Waals surface area contributed by atoms with Crippen molar-refractivity contribution < 1.29 is 4.74 Å². The normalized spacial score (nSPS) is 9.22. The molecule has 0 saturated heterocycles. The van der Waals surface area contributed by atoms with Crippen LogP contribution in [0.25, 0.3) is 0 Å². The van der Waals surface area contributed by atoms with E-state index in [1.54, 1.807) is 24.3 Å². The molecule has 1 heterocycles. The molecule has 2 N–H and O–H groups in total. The van der Waals surface area contributed by atoms with Crippen LogP contribution in [0.1, 0.15) is 11.1 Å². The van der Waals surface area contributed by atoms with E-state index in [0.717, 1.165) is 0 Å². The zero-order chi connectivity index (χ0) is 13.0. The second kappa shape index (κ2) is 4.86. The van der Waals surface area contributed by atoms with Gasteiger partial charge < -0.3 is 10.5 Å². The Morgan fingerprint density at radius 3 is 2.56 bits per heavy atom. The average molecular weight is 236 g/mol. The molecule has 0 aliphatic carbocycles. The molecule has 2 aromatic rings. The summed E-state index contributed by atoms with van der Waals surface area (Å²) in [7, 11) is 0. The minimum Gasteiger partial charge on any atom is -0.437 e. The maximum atomic E-state index is 8.77. The molecule has 0 aliphatic heterocycles. The van der Waals surface area contributed by atoms with Crippen molar-refractivity contribution in [1.29, 1.82) is 10.5 Å². The number of hydrogen-bond acceptors (Lipinski definition) is 5. The Hall–Kier alpha value is -3.05. The first kappa shape index (κ1) is 11.4. The van der Waals surface area contributed by atoms with Gasteiger partial charge in [0.1, 0.15) is 11.8 Å². The average Bonchev–Trinajstić information content (AvgIpc) is 2.41. The van der Waals surface area contributed by atoms with Crippen LogP contribution < -0.4 is 10.5 Å². The Bertz CT molecular complexity index is 667. The summed E-state index contributed by atoms with van der Waals surface area (Å²) in [5, 5.41) is 17.5. The molecule has 0 atom stereocenters. The van der Waals surface area contributed by atoms with Gasteiger partial charge in [0.2, 0.25) is 5.88 Å². The lowest BCUT2D eigenvalue weighted by Crippen LogP contribution is -1.96. The number of ether oxygens (including phenoxy) is 1. The first-order chi connectivity index (χ1) is 8.72. The van der Waals surface area contributed by atoms with Gasteiger partial charge in [-0.1, -0.05) is 6.07 Å². The molecule has 0 fully saturated rings. The molecule has 0 saturated carbocycles. The van der Waals surface area contributed by atoms with Crippen molar-refractivity contribution in [3.05, 3.63) is 47.7 Å². The smallest absolute Gasteiger partial charge is 0.242 e. The van der Waals surface area contributed by atoms with Gasteiger partial charge in [0.15, 0.2) is 0 Å². The number of anilines is 1. The van der Waals surface area contributed by atoms with E-state index >= 15 is 0 Å². The second-order valence-electron chi connectivity index (χ2n) is 3.47. The van der Waals surface area contributed by atoms with Crippen molar-refractivity contribution in [2.24, 2.45) is 0 Å². The van der Waals surface area contributed by atoms with Gasteiger partial charge in [-0.2, -0.15) is 10.5 Å². The topological polar surface area (TPSA) is 95.7 Å². The molecule has 5 nitrogen and oxygen atoms in total. The molecule has 0 spiro atoms. The summed E-state index contributed by atoms with van der Waals surface area (Å²) in [6, 6.07) is 12.1. The largest absolute Gasteiger partial charge is 0.437 e. The number of pyridine rings is 1. The van der Waals surface area contributed by atoms with Gasteiger partial charge in [-0.15, -0.1) is 0 Å². The molecule has 1 aromatic heterocycles. The molecular weight excluding hydrogens is 228 g/mol. The van der Waals surface area contributed by atoms with E-state index in [-0.39, 0.29) is 11.6 Å². The van der Waals surface area contributed by atoms with Gasteiger partial charge in [-0.25, -0.2) is 4.98 Å². The van der Waals surface area contributed by atoms with Crippen LogP contribution in [0.3, 0.4) is 0 Å². The number of rotatable bonds is 2. The molecule has 0 unspecified atom stereocenters. The summed E-state index contributed by atoms with van der Waals surface area (Å²) in [5.41, 5.74) is 6.84. The van der Waals surface area contributed by atoms with Crippen LogP contribution in [-0.4, -0.2) is 4.98 Å². The number of hydrogen-bond donors (Lipinski definition) is 1. The third kappa shape index (κ3) is 2.37. The monoisotopic (exact) mass is 236 g/mol. The summed E-state index contributed by atoms with van der Waals surface area (Å²) in [4.78, 5) is 3.95. The van der Waals surface area contributed by atoms with Crippen molar-refractivity contribution in [3.8, 4) is 23.8 Å². The SMILES string of the molecule is N#Cc1cccc(Oc2ncc(C#N)cc2N)c1. The first-order valence-electron chi connectivity index (χ1n) is 5.06. The zero-order valence-corrected chi connectivity index (χ0v) is 9.29. The molecule has 86 valence electrons. The standard InChI is InChI=1S/C13H8N4O/c14-6-9-2-1-3-11(4-9)18-13-12(16)5-10(7-15)8-17-13/h1-5,8H,16H2. The molecule has 0 bridgehead atoms. The third-order valence-electron chi connectivity index (χ3n) is 2.19. The van der Waals surface area contributed by atoms with Gasteiger partial charge >= 0.3 is 0 Å². The molecular formula is C13H8N4O. The quantitative estimate of drug-likeness (QED) is 0.862. The molecule has 5 heteroatoms. The van der Waals surface area contributed by atoms with E-state index in [1.807, 2.05) is 12.1 Å². The summed E-state index contributed by atoms with van der Waals surface area (Å²) < 4.78 is 5.45. The van der Waals surface area contributed by atoms with Crippen LogP contribution in [0.15, 0.2) is 36.5 Å². The number of aromatic nitrogens is 1. The Balaban J connectivity index is 2.29. The summed E-state index contributed by atoms with van der Waals surface area (Å²) in [6.45, 7) is 0. The van der Waals surface area contributed by atoms with Gasteiger partial charge in [0.05, 0.1) is 22.9 Å². The van der Waals surface area contributed by atoms with Gasteiger partial charge in [-0.05, 0) is 24.3 Å². The summed E-state index contributed by atoms with van der Waals surface area (Å²) in [6.07, 6.45) is 1.37. The maximum absolute atomic E-state index is 8.77. The highest BCUT2D eigenvalue weighted by molar-refractivity contribution is 5.53. The number of benzene rings is 1. The maximum Gasteiger partial charge on any atom is 0.242 e. The van der Waals surface area contributed by atoms with Crippen LogP contribution in [-0.2, 0) is 0 Å². The Labute approximate surface area is 104 Å².